The average molecular weight is 452 g/mol. The summed E-state index contributed by atoms with van der Waals surface area (Å²) in [6.45, 7) is 2.80. The molecular weight excluding hydrogens is 433 g/mol. The lowest BCUT2D eigenvalue weighted by molar-refractivity contribution is 0.289. The van der Waals surface area contributed by atoms with E-state index >= 15 is 0 Å². The number of rotatable bonds is 3. The van der Waals surface area contributed by atoms with E-state index in [1.54, 1.807) is 0 Å². The molecule has 0 aliphatic carbocycles. The highest BCUT2D eigenvalue weighted by Gasteiger charge is 2.26. The van der Waals surface area contributed by atoms with Crippen molar-refractivity contribution in [1.29, 1.82) is 0 Å². The number of fused-ring (bicyclic) bond motifs is 3. The van der Waals surface area contributed by atoms with E-state index < -0.39 is 0 Å². The van der Waals surface area contributed by atoms with Gasteiger partial charge in [0.1, 0.15) is 11.3 Å². The molecule has 0 amide bonds. The Hall–Kier alpha value is -2.95. The third-order valence-corrected chi connectivity index (χ3v) is 6.24. The largest absolute Gasteiger partial charge is 0.471 e. The van der Waals surface area contributed by atoms with Crippen LogP contribution in [0.2, 0.25) is 10.0 Å². The van der Waals surface area contributed by atoms with Gasteiger partial charge in [0, 0.05) is 28.1 Å². The first-order chi connectivity index (χ1) is 15.0. The van der Waals surface area contributed by atoms with Crippen LogP contribution < -0.4 is 15.3 Å². The van der Waals surface area contributed by atoms with Crippen molar-refractivity contribution in [2.45, 2.75) is 19.9 Å². The van der Waals surface area contributed by atoms with E-state index in [-0.39, 0.29) is 5.63 Å². The number of nitrogens with zero attached hydrogens (tertiary/aromatic N) is 1. The van der Waals surface area contributed by atoms with Crippen molar-refractivity contribution < 1.29 is 9.15 Å². The van der Waals surface area contributed by atoms with Crippen LogP contribution in [0.1, 0.15) is 22.3 Å². The Morgan fingerprint density at radius 1 is 1.03 bits per heavy atom. The van der Waals surface area contributed by atoms with Crippen molar-refractivity contribution in [2.75, 3.05) is 11.6 Å². The lowest BCUT2D eigenvalue weighted by atomic mass is 9.97. The quantitative estimate of drug-likeness (QED) is 0.340. The molecule has 0 fully saturated rings. The fourth-order valence-corrected chi connectivity index (χ4v) is 4.44. The molecule has 0 unspecified atom stereocenters. The first kappa shape index (κ1) is 20.0. The molecule has 1 aromatic heterocycles. The first-order valence-electron chi connectivity index (χ1n) is 9.96. The Morgan fingerprint density at radius 2 is 1.77 bits per heavy atom. The lowest BCUT2D eigenvalue weighted by Crippen LogP contribution is -2.32. The third kappa shape index (κ3) is 3.67. The van der Waals surface area contributed by atoms with Crippen LogP contribution in [0.25, 0.3) is 11.0 Å². The Morgan fingerprint density at radius 3 is 2.52 bits per heavy atom. The molecule has 4 nitrogen and oxygen atoms in total. The van der Waals surface area contributed by atoms with Gasteiger partial charge in [0.05, 0.1) is 17.1 Å². The zero-order chi connectivity index (χ0) is 21.5. The minimum atomic E-state index is -0.331. The predicted octanol–water partition coefficient (Wildman–Crippen LogP) is 6.36. The Labute approximate surface area is 189 Å². The molecule has 6 heteroatoms. The Balaban J connectivity index is 1.62. The molecule has 0 saturated carbocycles. The van der Waals surface area contributed by atoms with E-state index in [1.807, 2.05) is 72.5 Å². The fraction of sp³-hybridized carbons (Fsp3) is 0.160. The molecule has 0 radical (unpaired) electrons. The second kappa shape index (κ2) is 7.95. The van der Waals surface area contributed by atoms with Gasteiger partial charge in [-0.2, -0.15) is 0 Å². The highest BCUT2D eigenvalue weighted by Crippen LogP contribution is 2.40. The number of anilines is 1. The van der Waals surface area contributed by atoms with E-state index in [9.17, 15) is 4.79 Å². The minimum absolute atomic E-state index is 0.331. The molecule has 0 spiro atoms. The van der Waals surface area contributed by atoms with Crippen LogP contribution in [0.15, 0.2) is 69.9 Å². The molecule has 4 aromatic rings. The smallest absolute Gasteiger partial charge is 0.340 e. The summed E-state index contributed by atoms with van der Waals surface area (Å²) in [5.41, 5.74) is 4.50. The van der Waals surface area contributed by atoms with Gasteiger partial charge in [0.25, 0.3) is 0 Å². The number of hydrogen-bond acceptors (Lipinski definition) is 4. The summed E-state index contributed by atoms with van der Waals surface area (Å²) in [5.74, 6) is 0.567. The Kier molecular flexibility index (Phi) is 5.12. The summed E-state index contributed by atoms with van der Waals surface area (Å²) in [5, 5.41) is 2.01. The SMILES string of the molecule is Cc1c(Cc2ccccc2)c(=O)oc2c3c(c(Cl)cc12)OCN(c1ccc(Cl)cc1)C3. The highest BCUT2D eigenvalue weighted by molar-refractivity contribution is 6.33. The first-order valence-corrected chi connectivity index (χ1v) is 10.7. The third-order valence-electron chi connectivity index (χ3n) is 5.71. The highest BCUT2D eigenvalue weighted by atomic mass is 35.5. The maximum atomic E-state index is 12.9. The molecule has 1 aliphatic rings. The van der Waals surface area contributed by atoms with Gasteiger partial charge in [-0.1, -0.05) is 53.5 Å². The molecule has 2 heterocycles. The van der Waals surface area contributed by atoms with Crippen molar-refractivity contribution >= 4 is 39.9 Å². The summed E-state index contributed by atoms with van der Waals surface area (Å²) in [7, 11) is 0. The molecule has 0 N–H and O–H groups in total. The van der Waals surface area contributed by atoms with Crippen molar-refractivity contribution in [3.8, 4) is 5.75 Å². The summed E-state index contributed by atoms with van der Waals surface area (Å²) < 4.78 is 11.8. The zero-order valence-corrected chi connectivity index (χ0v) is 18.3. The summed E-state index contributed by atoms with van der Waals surface area (Å²) >= 11 is 12.6. The van der Waals surface area contributed by atoms with Gasteiger partial charge < -0.3 is 14.1 Å². The van der Waals surface area contributed by atoms with Crippen molar-refractivity contribution in [2.24, 2.45) is 0 Å². The maximum Gasteiger partial charge on any atom is 0.340 e. The number of halogens is 2. The van der Waals surface area contributed by atoms with Crippen molar-refractivity contribution in [3.05, 3.63) is 103 Å². The molecule has 3 aromatic carbocycles. The number of ether oxygens (including phenoxy) is 1. The topological polar surface area (TPSA) is 42.7 Å². The monoisotopic (exact) mass is 451 g/mol. The zero-order valence-electron chi connectivity index (χ0n) is 16.8. The van der Waals surface area contributed by atoms with Crippen LogP contribution in [0, 0.1) is 6.92 Å². The minimum Gasteiger partial charge on any atom is -0.471 e. The normalized spacial score (nSPS) is 13.2. The van der Waals surface area contributed by atoms with Gasteiger partial charge in [-0.05, 0) is 48.4 Å². The van der Waals surface area contributed by atoms with Crippen LogP contribution in [-0.2, 0) is 13.0 Å². The molecule has 0 bridgehead atoms. The van der Waals surface area contributed by atoms with Gasteiger partial charge in [0.2, 0.25) is 0 Å². The predicted molar refractivity (Wildman–Crippen MR) is 125 cm³/mol. The molecular formula is C25H19Cl2NO3. The second-order valence-electron chi connectivity index (χ2n) is 7.65. The standard InChI is InChI=1S/C25H19Cl2NO3/c1-15-19-12-22(27)24-21(13-28(14-30-24)18-9-7-17(26)8-10-18)23(19)31-25(29)20(15)11-16-5-3-2-4-6-16/h2-10,12H,11,13-14H2,1H3. The van der Waals surface area contributed by atoms with E-state index in [4.69, 9.17) is 32.4 Å². The van der Waals surface area contributed by atoms with Crippen LogP contribution in [0.5, 0.6) is 5.75 Å². The van der Waals surface area contributed by atoms with Gasteiger partial charge in [-0.15, -0.1) is 0 Å². The summed E-state index contributed by atoms with van der Waals surface area (Å²) in [6, 6.07) is 19.3. The maximum absolute atomic E-state index is 12.9. The van der Waals surface area contributed by atoms with E-state index in [0.29, 0.717) is 46.6 Å². The van der Waals surface area contributed by atoms with Crippen LogP contribution in [-0.4, -0.2) is 6.73 Å². The Bertz CT molecular complexity index is 1330. The molecule has 1 aliphatic heterocycles. The number of benzene rings is 3. The van der Waals surface area contributed by atoms with E-state index in [1.165, 1.54) is 0 Å². The number of aryl methyl sites for hydroxylation is 1. The molecule has 156 valence electrons. The fourth-order valence-electron chi connectivity index (χ4n) is 4.03. The number of hydrogen-bond donors (Lipinski definition) is 0. The summed E-state index contributed by atoms with van der Waals surface area (Å²) in [6.07, 6.45) is 0.507. The van der Waals surface area contributed by atoms with Crippen molar-refractivity contribution in [3.63, 3.8) is 0 Å². The molecule has 0 saturated heterocycles. The van der Waals surface area contributed by atoms with E-state index in [2.05, 4.69) is 0 Å². The second-order valence-corrected chi connectivity index (χ2v) is 8.49. The van der Waals surface area contributed by atoms with Gasteiger partial charge >= 0.3 is 5.63 Å². The lowest BCUT2D eigenvalue weighted by Gasteiger charge is -2.31. The summed E-state index contributed by atoms with van der Waals surface area (Å²) in [4.78, 5) is 15.0. The van der Waals surface area contributed by atoms with Gasteiger partial charge in [-0.3, -0.25) is 0 Å². The van der Waals surface area contributed by atoms with Gasteiger partial charge in [0.15, 0.2) is 6.73 Å². The van der Waals surface area contributed by atoms with Crippen LogP contribution in [0.3, 0.4) is 0 Å². The van der Waals surface area contributed by atoms with Crippen LogP contribution in [0.4, 0.5) is 5.69 Å². The van der Waals surface area contributed by atoms with Gasteiger partial charge in [-0.25, -0.2) is 4.79 Å². The van der Waals surface area contributed by atoms with Crippen molar-refractivity contribution in [1.82, 2.24) is 0 Å². The van der Waals surface area contributed by atoms with E-state index in [0.717, 1.165) is 27.8 Å². The molecule has 0 atom stereocenters. The molecule has 5 rings (SSSR count). The molecule has 31 heavy (non-hydrogen) atoms. The van der Waals surface area contributed by atoms with Crippen LogP contribution >= 0.6 is 23.2 Å². The average Bonchev–Trinajstić information content (AvgIpc) is 2.79.